The van der Waals surface area contributed by atoms with Gasteiger partial charge in [0.05, 0.1) is 0 Å². The van der Waals surface area contributed by atoms with Crippen LogP contribution in [0.5, 0.6) is 0 Å². The summed E-state index contributed by atoms with van der Waals surface area (Å²) in [7, 11) is -3.63. The number of imidazole rings is 1. The second-order valence-corrected chi connectivity index (χ2v) is 6.56. The van der Waals surface area contributed by atoms with E-state index in [9.17, 15) is 8.42 Å². The predicted octanol–water partition coefficient (Wildman–Crippen LogP) is 1.66. The van der Waals surface area contributed by atoms with Crippen LogP contribution in [-0.2, 0) is 23.1 Å². The van der Waals surface area contributed by atoms with Gasteiger partial charge in [0.2, 0.25) is 0 Å². The maximum absolute atomic E-state index is 12.3. The number of hydrogen-bond donors (Lipinski definition) is 2. The van der Waals surface area contributed by atoms with Crippen LogP contribution in [0.1, 0.15) is 24.7 Å². The molecule has 2 aromatic rings. The van der Waals surface area contributed by atoms with E-state index in [4.69, 9.17) is 5.73 Å². The highest BCUT2D eigenvalue weighted by atomic mass is 32.2. The Kier molecular flexibility index (Phi) is 4.64. The van der Waals surface area contributed by atoms with Crippen LogP contribution in [0.4, 0.5) is 5.69 Å². The number of sulfonamides is 1. The molecule has 0 saturated heterocycles. The van der Waals surface area contributed by atoms with Crippen molar-refractivity contribution < 1.29 is 8.42 Å². The van der Waals surface area contributed by atoms with Gasteiger partial charge in [-0.05, 0) is 25.0 Å². The zero-order valence-electron chi connectivity index (χ0n) is 12.2. The molecule has 0 aliphatic rings. The van der Waals surface area contributed by atoms with Crippen LogP contribution >= 0.6 is 0 Å². The molecule has 1 aromatic carbocycles. The fraction of sp³-hybridized carbons (Fsp3) is 0.357. The van der Waals surface area contributed by atoms with Gasteiger partial charge in [0.15, 0.2) is 5.03 Å². The molecule has 0 aliphatic carbocycles. The van der Waals surface area contributed by atoms with Gasteiger partial charge in [-0.15, -0.1) is 0 Å². The third-order valence-corrected chi connectivity index (χ3v) is 4.47. The lowest BCUT2D eigenvalue weighted by atomic mass is 10.2. The average Bonchev–Trinajstić information content (AvgIpc) is 2.81. The van der Waals surface area contributed by atoms with Crippen molar-refractivity contribution in [3.63, 3.8) is 0 Å². The topological polar surface area (TPSA) is 90.0 Å². The van der Waals surface area contributed by atoms with Crippen LogP contribution in [0, 0.1) is 6.92 Å². The number of aromatic nitrogens is 2. The highest BCUT2D eigenvalue weighted by Gasteiger charge is 2.19. The fourth-order valence-electron chi connectivity index (χ4n) is 2.02. The van der Waals surface area contributed by atoms with Gasteiger partial charge >= 0.3 is 0 Å². The van der Waals surface area contributed by atoms with Crippen LogP contribution in [-0.4, -0.2) is 18.0 Å². The second kappa shape index (κ2) is 6.28. The van der Waals surface area contributed by atoms with Crippen molar-refractivity contribution in [3.8, 4) is 0 Å². The smallest absolute Gasteiger partial charge is 0.259 e. The van der Waals surface area contributed by atoms with Crippen molar-refractivity contribution in [1.29, 1.82) is 0 Å². The number of aryl methyl sites for hydroxylation is 2. The normalized spacial score (nSPS) is 11.7. The highest BCUT2D eigenvalue weighted by Crippen LogP contribution is 2.13. The standard InChI is InChI=1S/C14H20N4O2S/c1-3-8-18-10-14(17-11(18)2)21(19,20)16-9-12-6-4-5-7-13(12)15/h4-7,10,16H,3,8-9,15H2,1-2H3. The summed E-state index contributed by atoms with van der Waals surface area (Å²) >= 11 is 0. The van der Waals surface area contributed by atoms with E-state index < -0.39 is 10.0 Å². The van der Waals surface area contributed by atoms with Crippen molar-refractivity contribution >= 4 is 15.7 Å². The first-order valence-electron chi connectivity index (χ1n) is 6.81. The zero-order chi connectivity index (χ0) is 15.5. The van der Waals surface area contributed by atoms with Crippen molar-refractivity contribution in [2.45, 2.75) is 38.4 Å². The van der Waals surface area contributed by atoms with Crippen LogP contribution in [0.15, 0.2) is 35.5 Å². The molecule has 114 valence electrons. The molecule has 1 aromatic heterocycles. The van der Waals surface area contributed by atoms with E-state index in [1.54, 1.807) is 25.3 Å². The summed E-state index contributed by atoms with van der Waals surface area (Å²) in [6.45, 7) is 4.72. The molecule has 7 heteroatoms. The summed E-state index contributed by atoms with van der Waals surface area (Å²) in [5, 5.41) is 0.0444. The number of rotatable bonds is 6. The largest absolute Gasteiger partial charge is 0.398 e. The molecule has 21 heavy (non-hydrogen) atoms. The summed E-state index contributed by atoms with van der Waals surface area (Å²) in [5.41, 5.74) is 7.11. The monoisotopic (exact) mass is 308 g/mol. The van der Waals surface area contributed by atoms with E-state index >= 15 is 0 Å². The molecule has 1 heterocycles. The molecule has 0 bridgehead atoms. The van der Waals surface area contributed by atoms with Crippen molar-refractivity contribution in [2.24, 2.45) is 0 Å². The van der Waals surface area contributed by atoms with Gasteiger partial charge in [0.25, 0.3) is 10.0 Å². The molecule has 0 fully saturated rings. The van der Waals surface area contributed by atoms with E-state index in [0.717, 1.165) is 18.5 Å². The summed E-state index contributed by atoms with van der Waals surface area (Å²) < 4.78 is 28.9. The summed E-state index contributed by atoms with van der Waals surface area (Å²) in [6, 6.07) is 7.16. The van der Waals surface area contributed by atoms with Crippen LogP contribution in [0.3, 0.4) is 0 Å². The Labute approximate surface area is 125 Å². The molecule has 6 nitrogen and oxygen atoms in total. The number of benzene rings is 1. The van der Waals surface area contributed by atoms with Gasteiger partial charge in [-0.2, -0.15) is 0 Å². The summed E-state index contributed by atoms with van der Waals surface area (Å²) in [5.74, 6) is 0.691. The Morgan fingerprint density at radius 1 is 1.33 bits per heavy atom. The number of nitrogens with one attached hydrogen (secondary N) is 1. The quantitative estimate of drug-likeness (QED) is 0.794. The third kappa shape index (κ3) is 3.62. The summed E-state index contributed by atoms with van der Waals surface area (Å²) in [6.07, 6.45) is 2.49. The minimum atomic E-state index is -3.63. The van der Waals surface area contributed by atoms with Crippen LogP contribution < -0.4 is 10.5 Å². The van der Waals surface area contributed by atoms with Crippen molar-refractivity contribution in [1.82, 2.24) is 14.3 Å². The number of anilines is 1. The lowest BCUT2D eigenvalue weighted by Crippen LogP contribution is -2.24. The minimum Gasteiger partial charge on any atom is -0.398 e. The second-order valence-electron chi connectivity index (χ2n) is 4.84. The van der Waals surface area contributed by atoms with E-state index in [1.165, 1.54) is 0 Å². The molecule has 3 N–H and O–H groups in total. The van der Waals surface area contributed by atoms with E-state index in [0.29, 0.717) is 11.5 Å². The van der Waals surface area contributed by atoms with E-state index in [2.05, 4.69) is 9.71 Å². The first-order valence-corrected chi connectivity index (χ1v) is 8.29. The Morgan fingerprint density at radius 3 is 2.71 bits per heavy atom. The number of para-hydroxylation sites is 1. The first kappa shape index (κ1) is 15.5. The van der Waals surface area contributed by atoms with Crippen LogP contribution in [0.25, 0.3) is 0 Å². The Bertz CT molecular complexity index is 722. The number of nitrogens with zero attached hydrogens (tertiary/aromatic N) is 2. The zero-order valence-corrected chi connectivity index (χ0v) is 13.0. The molecule has 0 atom stereocenters. The van der Waals surface area contributed by atoms with Crippen molar-refractivity contribution in [3.05, 3.63) is 41.9 Å². The predicted molar refractivity (Wildman–Crippen MR) is 82.1 cm³/mol. The summed E-state index contributed by atoms with van der Waals surface area (Å²) in [4.78, 5) is 4.12. The molecule has 2 rings (SSSR count). The minimum absolute atomic E-state index is 0.0444. The highest BCUT2D eigenvalue weighted by molar-refractivity contribution is 7.89. The SMILES string of the molecule is CCCn1cc(S(=O)(=O)NCc2ccccc2N)nc1C. The van der Waals surface area contributed by atoms with E-state index in [1.807, 2.05) is 23.6 Å². The molecular weight excluding hydrogens is 288 g/mol. The number of nitrogens with two attached hydrogens (primary N) is 1. The maximum Gasteiger partial charge on any atom is 0.259 e. The lowest BCUT2D eigenvalue weighted by Gasteiger charge is -2.06. The molecule has 0 aliphatic heterocycles. The van der Waals surface area contributed by atoms with Gasteiger partial charge in [-0.25, -0.2) is 18.1 Å². The first-order chi connectivity index (χ1) is 9.94. The van der Waals surface area contributed by atoms with E-state index in [-0.39, 0.29) is 11.6 Å². The van der Waals surface area contributed by atoms with Gasteiger partial charge < -0.3 is 10.3 Å². The molecule has 0 amide bonds. The van der Waals surface area contributed by atoms with Gasteiger partial charge in [0, 0.05) is 25.0 Å². The molecule has 0 radical (unpaired) electrons. The fourth-order valence-corrected chi connectivity index (χ4v) is 3.03. The molecule has 0 saturated carbocycles. The number of hydrogen-bond acceptors (Lipinski definition) is 4. The molecular formula is C14H20N4O2S. The Hall–Kier alpha value is -1.86. The Morgan fingerprint density at radius 2 is 2.05 bits per heavy atom. The van der Waals surface area contributed by atoms with Gasteiger partial charge in [-0.1, -0.05) is 25.1 Å². The Balaban J connectivity index is 2.15. The lowest BCUT2D eigenvalue weighted by molar-refractivity contribution is 0.577. The number of nitrogen functional groups attached to an aromatic ring is 1. The molecule has 0 spiro atoms. The van der Waals surface area contributed by atoms with Crippen LogP contribution in [0.2, 0.25) is 0 Å². The van der Waals surface area contributed by atoms with Crippen molar-refractivity contribution in [2.75, 3.05) is 5.73 Å². The maximum atomic E-state index is 12.3. The molecule has 0 unspecified atom stereocenters. The average molecular weight is 308 g/mol. The van der Waals surface area contributed by atoms with Gasteiger partial charge in [-0.3, -0.25) is 0 Å². The van der Waals surface area contributed by atoms with Gasteiger partial charge in [0.1, 0.15) is 5.82 Å². The third-order valence-electron chi connectivity index (χ3n) is 3.20.